The lowest BCUT2D eigenvalue weighted by Gasteiger charge is -2.33. The highest BCUT2D eigenvalue weighted by Gasteiger charge is 2.65. The van der Waals surface area contributed by atoms with E-state index in [1.54, 1.807) is 35.3 Å². The van der Waals surface area contributed by atoms with Gasteiger partial charge in [0.25, 0.3) is 11.8 Å². The maximum atomic E-state index is 14.1. The van der Waals surface area contributed by atoms with Gasteiger partial charge in [-0.3, -0.25) is 19.4 Å². The molecule has 0 saturated carbocycles. The lowest BCUT2D eigenvalue weighted by molar-refractivity contribution is -0.161. The highest BCUT2D eigenvalue weighted by Crippen LogP contribution is 2.51. The molecule has 2 aliphatic rings. The Hall–Kier alpha value is -4.50. The summed E-state index contributed by atoms with van der Waals surface area (Å²) in [7, 11) is 2.46. The predicted molar refractivity (Wildman–Crippen MR) is 136 cm³/mol. The Labute approximate surface area is 219 Å². The molecular weight excluding hydrogens is 486 g/mol. The van der Waals surface area contributed by atoms with Crippen LogP contribution >= 0.6 is 0 Å². The first kappa shape index (κ1) is 25.2. The van der Waals surface area contributed by atoms with E-state index < -0.39 is 53.8 Å². The third-order valence-electron chi connectivity index (χ3n) is 7.09. The van der Waals surface area contributed by atoms with Crippen LogP contribution < -0.4 is 5.32 Å². The van der Waals surface area contributed by atoms with E-state index in [0.717, 1.165) is 5.56 Å². The Morgan fingerprint density at radius 2 is 1.21 bits per heavy atom. The smallest absolute Gasteiger partial charge is 0.331 e. The maximum absolute atomic E-state index is 14.1. The van der Waals surface area contributed by atoms with Crippen LogP contribution in [-0.2, 0) is 23.9 Å². The van der Waals surface area contributed by atoms with Crippen molar-refractivity contribution in [1.82, 2.24) is 15.3 Å². The van der Waals surface area contributed by atoms with E-state index in [9.17, 15) is 19.2 Å². The van der Waals surface area contributed by atoms with Gasteiger partial charge in [0.15, 0.2) is 6.04 Å². The van der Waals surface area contributed by atoms with Crippen molar-refractivity contribution in [3.05, 3.63) is 108 Å². The van der Waals surface area contributed by atoms with E-state index in [-0.39, 0.29) is 0 Å². The van der Waals surface area contributed by atoms with E-state index in [0.29, 0.717) is 11.1 Å². The van der Waals surface area contributed by atoms with Crippen LogP contribution in [0, 0.1) is 5.92 Å². The quantitative estimate of drug-likeness (QED) is 0.506. The summed E-state index contributed by atoms with van der Waals surface area (Å²) in [6.45, 7) is 0. The molecule has 2 aliphatic heterocycles. The molecule has 5 rings (SSSR count). The second kappa shape index (κ2) is 10.5. The number of rotatable bonds is 6. The van der Waals surface area contributed by atoms with E-state index in [1.165, 1.54) is 19.2 Å². The molecule has 0 aromatic heterocycles. The lowest BCUT2D eigenvalue weighted by Crippen LogP contribution is -2.50. The molecule has 2 fully saturated rings. The number of amides is 2. The van der Waals surface area contributed by atoms with Gasteiger partial charge in [-0.25, -0.2) is 4.79 Å². The summed E-state index contributed by atoms with van der Waals surface area (Å²) in [5.41, 5.74) is 1.84. The number of nitrogens with zero attached hydrogens (tertiary/aromatic N) is 2. The van der Waals surface area contributed by atoms with E-state index >= 15 is 0 Å². The molecule has 0 spiro atoms. The fourth-order valence-corrected chi connectivity index (χ4v) is 5.48. The summed E-state index contributed by atoms with van der Waals surface area (Å²) < 4.78 is 10.2. The van der Waals surface area contributed by atoms with E-state index in [4.69, 9.17) is 9.47 Å². The van der Waals surface area contributed by atoms with Gasteiger partial charge < -0.3 is 14.8 Å². The second-order valence-corrected chi connectivity index (χ2v) is 9.11. The van der Waals surface area contributed by atoms with Crippen LogP contribution in [0.2, 0.25) is 0 Å². The molecule has 1 N–H and O–H groups in total. The number of esters is 2. The number of methoxy groups -OCH3 is 2. The lowest BCUT2D eigenvalue weighted by atomic mass is 9.86. The maximum Gasteiger partial charge on any atom is 0.331 e. The normalized spacial score (nSPS) is 24.5. The zero-order chi connectivity index (χ0) is 26.8. The number of carbonyl (C=O) groups excluding carboxylic acids is 4. The predicted octanol–water partition coefficient (Wildman–Crippen LogP) is 2.67. The number of benzene rings is 3. The van der Waals surface area contributed by atoms with Gasteiger partial charge in [-0.1, -0.05) is 78.9 Å². The molecule has 2 heterocycles. The summed E-state index contributed by atoms with van der Waals surface area (Å²) in [6.07, 6.45) is 0. The molecule has 38 heavy (non-hydrogen) atoms. The standard InChI is InChI=1S/C29H27N3O6/c1-37-28(35)21-23(18-12-6-3-7-13-18)31-24(19-14-8-4-9-15-19)22(27(34)32(31)25(21)29(36)38-2)30-26(33)20-16-10-5-11-17-20/h3-17,21-25H,1-2H3,(H,30,33)/t21-,22-,23-,24-,25-/m1/s1. The molecule has 9 nitrogen and oxygen atoms in total. The molecule has 0 aliphatic carbocycles. The Balaban J connectivity index is 1.68. The minimum absolute atomic E-state index is 0.394. The molecule has 3 aromatic carbocycles. The number of ether oxygens (including phenoxy) is 2. The molecule has 5 atom stereocenters. The van der Waals surface area contributed by atoms with Crippen LogP contribution in [0.3, 0.4) is 0 Å². The van der Waals surface area contributed by atoms with Crippen LogP contribution in [-0.4, -0.2) is 60.1 Å². The minimum atomic E-state index is -1.28. The zero-order valence-corrected chi connectivity index (χ0v) is 20.9. The van der Waals surface area contributed by atoms with Gasteiger partial charge in [0, 0.05) is 5.56 Å². The first-order valence-corrected chi connectivity index (χ1v) is 12.2. The van der Waals surface area contributed by atoms with Crippen LogP contribution in [0.25, 0.3) is 0 Å². The molecule has 9 heteroatoms. The minimum Gasteiger partial charge on any atom is -0.469 e. The number of nitrogens with one attached hydrogen (secondary N) is 1. The first-order chi connectivity index (χ1) is 18.5. The van der Waals surface area contributed by atoms with Crippen molar-refractivity contribution in [2.24, 2.45) is 5.92 Å². The number of hydrazine groups is 1. The topological polar surface area (TPSA) is 105 Å². The summed E-state index contributed by atoms with van der Waals surface area (Å²) in [5.74, 6) is -3.41. The van der Waals surface area contributed by atoms with Crippen molar-refractivity contribution < 1.29 is 28.7 Å². The van der Waals surface area contributed by atoms with Crippen molar-refractivity contribution in [2.45, 2.75) is 24.2 Å². The fraction of sp³-hybridized carbons (Fsp3) is 0.241. The average Bonchev–Trinajstić information content (AvgIpc) is 3.45. The van der Waals surface area contributed by atoms with E-state index in [1.807, 2.05) is 60.7 Å². The monoisotopic (exact) mass is 513 g/mol. The molecule has 0 radical (unpaired) electrons. The Bertz CT molecular complexity index is 1330. The molecular formula is C29H27N3O6. The number of hydrogen-bond donors (Lipinski definition) is 1. The number of fused-ring (bicyclic) bond motifs is 1. The summed E-state index contributed by atoms with van der Waals surface area (Å²) in [4.78, 5) is 53.7. The Morgan fingerprint density at radius 3 is 1.74 bits per heavy atom. The van der Waals surface area contributed by atoms with Gasteiger partial charge in [-0.2, -0.15) is 5.01 Å². The van der Waals surface area contributed by atoms with Crippen LogP contribution in [0.15, 0.2) is 91.0 Å². The molecule has 3 aromatic rings. The van der Waals surface area contributed by atoms with Crippen molar-refractivity contribution in [3.8, 4) is 0 Å². The first-order valence-electron chi connectivity index (χ1n) is 12.2. The highest BCUT2D eigenvalue weighted by atomic mass is 16.5. The molecule has 2 saturated heterocycles. The van der Waals surface area contributed by atoms with Crippen molar-refractivity contribution in [2.75, 3.05) is 14.2 Å². The van der Waals surface area contributed by atoms with Gasteiger partial charge >= 0.3 is 11.9 Å². The van der Waals surface area contributed by atoms with Crippen LogP contribution in [0.5, 0.6) is 0 Å². The van der Waals surface area contributed by atoms with Gasteiger partial charge in [0.05, 0.1) is 26.3 Å². The zero-order valence-electron chi connectivity index (χ0n) is 20.9. The SMILES string of the molecule is COC(=O)[C@@H]1[C@@H](c2ccccc2)N2[C@H](c3ccccc3)[C@@H](NC(=O)c3ccccc3)C(=O)N2[C@H]1C(=O)OC. The highest BCUT2D eigenvalue weighted by molar-refractivity contribution is 6.00. The van der Waals surface area contributed by atoms with E-state index in [2.05, 4.69) is 5.32 Å². The third kappa shape index (κ3) is 4.20. The fourth-order valence-electron chi connectivity index (χ4n) is 5.48. The van der Waals surface area contributed by atoms with Gasteiger partial charge in [-0.05, 0) is 23.3 Å². The average molecular weight is 514 g/mol. The second-order valence-electron chi connectivity index (χ2n) is 9.11. The third-order valence-corrected chi connectivity index (χ3v) is 7.09. The summed E-state index contributed by atoms with van der Waals surface area (Å²) in [5, 5.41) is 5.89. The molecule has 0 unspecified atom stereocenters. The largest absolute Gasteiger partial charge is 0.469 e. The van der Waals surface area contributed by atoms with Crippen molar-refractivity contribution >= 4 is 23.8 Å². The van der Waals surface area contributed by atoms with Gasteiger partial charge in [-0.15, -0.1) is 0 Å². The summed E-state index contributed by atoms with van der Waals surface area (Å²) in [6, 6.07) is 23.2. The molecule has 2 amide bonds. The van der Waals surface area contributed by atoms with Crippen LogP contribution in [0.4, 0.5) is 0 Å². The van der Waals surface area contributed by atoms with Crippen LogP contribution in [0.1, 0.15) is 33.6 Å². The summed E-state index contributed by atoms with van der Waals surface area (Å²) >= 11 is 0. The number of hydrogen-bond acceptors (Lipinski definition) is 7. The van der Waals surface area contributed by atoms with Gasteiger partial charge in [0.2, 0.25) is 0 Å². The molecule has 0 bridgehead atoms. The van der Waals surface area contributed by atoms with Gasteiger partial charge in [0.1, 0.15) is 12.0 Å². The number of carbonyl (C=O) groups is 4. The van der Waals surface area contributed by atoms with Crippen molar-refractivity contribution in [3.63, 3.8) is 0 Å². The Kier molecular flexibility index (Phi) is 6.93. The molecule has 194 valence electrons. The Morgan fingerprint density at radius 1 is 0.711 bits per heavy atom. The van der Waals surface area contributed by atoms with Crippen molar-refractivity contribution in [1.29, 1.82) is 0 Å².